The highest BCUT2D eigenvalue weighted by atomic mass is 14.1. The fourth-order valence-electron chi connectivity index (χ4n) is 4.34. The summed E-state index contributed by atoms with van der Waals surface area (Å²) in [6.07, 6.45) is 30.7. The second kappa shape index (κ2) is 22.3. The molecule has 0 aromatic rings. The molecule has 0 aliphatic carbocycles. The van der Waals surface area contributed by atoms with Gasteiger partial charge < -0.3 is 0 Å². The average molecular weight is 381 g/mol. The Morgan fingerprint density at radius 3 is 0.926 bits per heavy atom. The SMILES string of the molecule is CCCCCCCCC(C)CCCCCCCCCCCC(C)CCCC. The average Bonchev–Trinajstić information content (AvgIpc) is 2.67. The maximum Gasteiger partial charge on any atom is -0.0443 e. The first-order valence-electron chi connectivity index (χ1n) is 13.2. The summed E-state index contributed by atoms with van der Waals surface area (Å²) in [7, 11) is 0. The van der Waals surface area contributed by atoms with Gasteiger partial charge in [0.2, 0.25) is 0 Å². The van der Waals surface area contributed by atoms with Crippen LogP contribution in [0.25, 0.3) is 0 Å². The van der Waals surface area contributed by atoms with E-state index in [4.69, 9.17) is 0 Å². The smallest absolute Gasteiger partial charge is 0.0443 e. The minimum Gasteiger partial charge on any atom is -0.0654 e. The Balaban J connectivity index is 3.17. The van der Waals surface area contributed by atoms with Crippen LogP contribution >= 0.6 is 0 Å². The molecule has 0 aromatic heterocycles. The fourth-order valence-corrected chi connectivity index (χ4v) is 4.34. The third-order valence-corrected chi connectivity index (χ3v) is 6.49. The lowest BCUT2D eigenvalue weighted by Gasteiger charge is -2.11. The molecule has 2 unspecified atom stereocenters. The van der Waals surface area contributed by atoms with Gasteiger partial charge in [0.1, 0.15) is 0 Å². The van der Waals surface area contributed by atoms with E-state index in [2.05, 4.69) is 27.7 Å². The molecule has 0 aliphatic rings. The van der Waals surface area contributed by atoms with Gasteiger partial charge in [0.05, 0.1) is 0 Å². The minimum atomic E-state index is 0.966. The van der Waals surface area contributed by atoms with Crippen LogP contribution < -0.4 is 0 Å². The van der Waals surface area contributed by atoms with Crippen molar-refractivity contribution >= 4 is 0 Å². The lowest BCUT2D eigenvalue weighted by atomic mass is 9.95. The molecular formula is C27H56. The van der Waals surface area contributed by atoms with Crippen LogP contribution in [0.5, 0.6) is 0 Å². The molecule has 0 radical (unpaired) electrons. The maximum atomic E-state index is 2.48. The van der Waals surface area contributed by atoms with Crippen molar-refractivity contribution in [2.45, 2.75) is 163 Å². The molecule has 0 saturated heterocycles. The summed E-state index contributed by atoms with van der Waals surface area (Å²) in [4.78, 5) is 0. The molecular weight excluding hydrogens is 324 g/mol. The standard InChI is InChI=1S/C27H56/c1-5-7-9-10-16-19-24-27(4)25-21-18-15-13-11-12-14-17-20-23-26(3)22-8-6-2/h26-27H,5-25H2,1-4H3. The van der Waals surface area contributed by atoms with Crippen LogP contribution in [0.3, 0.4) is 0 Å². The molecule has 0 heterocycles. The highest BCUT2D eigenvalue weighted by Crippen LogP contribution is 2.19. The highest BCUT2D eigenvalue weighted by molar-refractivity contribution is 4.57. The van der Waals surface area contributed by atoms with Gasteiger partial charge in [-0.15, -0.1) is 0 Å². The van der Waals surface area contributed by atoms with Gasteiger partial charge in [0.15, 0.2) is 0 Å². The summed E-state index contributed by atoms with van der Waals surface area (Å²) in [6.45, 7) is 9.54. The van der Waals surface area contributed by atoms with Crippen molar-refractivity contribution in [2.75, 3.05) is 0 Å². The van der Waals surface area contributed by atoms with Gasteiger partial charge in [-0.2, -0.15) is 0 Å². The van der Waals surface area contributed by atoms with Gasteiger partial charge in [-0.1, -0.05) is 163 Å². The Hall–Kier alpha value is 0. The van der Waals surface area contributed by atoms with Crippen molar-refractivity contribution in [2.24, 2.45) is 11.8 Å². The normalized spacial score (nSPS) is 13.8. The maximum absolute atomic E-state index is 2.48. The molecule has 2 atom stereocenters. The van der Waals surface area contributed by atoms with Crippen LogP contribution in [0.2, 0.25) is 0 Å². The Bertz CT molecular complexity index is 257. The van der Waals surface area contributed by atoms with Gasteiger partial charge in [-0.05, 0) is 11.8 Å². The van der Waals surface area contributed by atoms with Crippen molar-refractivity contribution in [1.82, 2.24) is 0 Å². The van der Waals surface area contributed by atoms with E-state index in [-0.39, 0.29) is 0 Å². The number of hydrogen-bond donors (Lipinski definition) is 0. The summed E-state index contributed by atoms with van der Waals surface area (Å²) in [5.41, 5.74) is 0. The first kappa shape index (κ1) is 27.0. The van der Waals surface area contributed by atoms with E-state index in [1.807, 2.05) is 0 Å². The van der Waals surface area contributed by atoms with Crippen LogP contribution in [0.4, 0.5) is 0 Å². The minimum absolute atomic E-state index is 0.966. The zero-order chi connectivity index (χ0) is 20.0. The molecule has 0 amide bonds. The van der Waals surface area contributed by atoms with Crippen LogP contribution in [0.1, 0.15) is 163 Å². The van der Waals surface area contributed by atoms with E-state index in [0.29, 0.717) is 0 Å². The topological polar surface area (TPSA) is 0 Å². The van der Waals surface area contributed by atoms with Crippen LogP contribution in [-0.2, 0) is 0 Å². The first-order chi connectivity index (χ1) is 13.2. The Morgan fingerprint density at radius 2 is 0.593 bits per heavy atom. The van der Waals surface area contributed by atoms with E-state index >= 15 is 0 Å². The van der Waals surface area contributed by atoms with Gasteiger partial charge in [-0.25, -0.2) is 0 Å². The van der Waals surface area contributed by atoms with Gasteiger partial charge in [-0.3, -0.25) is 0 Å². The second-order valence-electron chi connectivity index (χ2n) is 9.67. The third kappa shape index (κ3) is 22.2. The predicted octanol–water partition coefficient (Wildman–Crippen LogP) is 10.5. The summed E-state index contributed by atoms with van der Waals surface area (Å²) in [6, 6.07) is 0. The van der Waals surface area contributed by atoms with Crippen LogP contribution in [0, 0.1) is 11.8 Å². The zero-order valence-corrected chi connectivity index (χ0v) is 20.0. The lowest BCUT2D eigenvalue weighted by molar-refractivity contribution is 0.428. The van der Waals surface area contributed by atoms with Crippen molar-refractivity contribution in [3.8, 4) is 0 Å². The highest BCUT2D eigenvalue weighted by Gasteiger charge is 2.03. The van der Waals surface area contributed by atoms with Crippen molar-refractivity contribution < 1.29 is 0 Å². The van der Waals surface area contributed by atoms with Crippen molar-refractivity contribution in [3.05, 3.63) is 0 Å². The molecule has 0 spiro atoms. The van der Waals surface area contributed by atoms with Crippen LogP contribution in [-0.4, -0.2) is 0 Å². The van der Waals surface area contributed by atoms with Gasteiger partial charge in [0.25, 0.3) is 0 Å². The van der Waals surface area contributed by atoms with E-state index in [9.17, 15) is 0 Å². The fraction of sp³-hybridized carbons (Fsp3) is 1.00. The lowest BCUT2D eigenvalue weighted by Crippen LogP contribution is -1.95. The third-order valence-electron chi connectivity index (χ3n) is 6.49. The Morgan fingerprint density at radius 1 is 0.333 bits per heavy atom. The molecule has 0 aliphatic heterocycles. The van der Waals surface area contributed by atoms with Gasteiger partial charge >= 0.3 is 0 Å². The summed E-state index contributed by atoms with van der Waals surface area (Å²) >= 11 is 0. The van der Waals surface area contributed by atoms with E-state index in [1.165, 1.54) is 135 Å². The molecule has 0 aromatic carbocycles. The zero-order valence-electron chi connectivity index (χ0n) is 20.0. The van der Waals surface area contributed by atoms with E-state index < -0.39 is 0 Å². The largest absolute Gasteiger partial charge is 0.0654 e. The van der Waals surface area contributed by atoms with Crippen molar-refractivity contribution in [3.63, 3.8) is 0 Å². The monoisotopic (exact) mass is 380 g/mol. The van der Waals surface area contributed by atoms with Crippen molar-refractivity contribution in [1.29, 1.82) is 0 Å². The molecule has 0 saturated carbocycles. The predicted molar refractivity (Wildman–Crippen MR) is 127 cm³/mol. The molecule has 0 N–H and O–H groups in total. The molecule has 0 heteroatoms. The quantitative estimate of drug-likeness (QED) is 0.164. The number of hydrogen-bond acceptors (Lipinski definition) is 0. The summed E-state index contributed by atoms with van der Waals surface area (Å²) in [5.74, 6) is 1.93. The molecule has 164 valence electrons. The second-order valence-corrected chi connectivity index (χ2v) is 9.67. The summed E-state index contributed by atoms with van der Waals surface area (Å²) < 4.78 is 0. The Labute approximate surface area is 174 Å². The van der Waals surface area contributed by atoms with E-state index in [1.54, 1.807) is 0 Å². The molecule has 0 bridgehead atoms. The summed E-state index contributed by atoms with van der Waals surface area (Å²) in [5, 5.41) is 0. The number of rotatable bonds is 22. The first-order valence-corrected chi connectivity index (χ1v) is 13.2. The molecule has 27 heavy (non-hydrogen) atoms. The Kier molecular flexibility index (Phi) is 22.3. The van der Waals surface area contributed by atoms with E-state index in [0.717, 1.165) is 11.8 Å². The molecule has 0 fully saturated rings. The number of unbranched alkanes of at least 4 members (excludes halogenated alkanes) is 14. The van der Waals surface area contributed by atoms with Crippen LogP contribution in [0.15, 0.2) is 0 Å². The molecule has 0 nitrogen and oxygen atoms in total. The van der Waals surface area contributed by atoms with Gasteiger partial charge in [0, 0.05) is 0 Å². The molecule has 0 rings (SSSR count).